The predicted octanol–water partition coefficient (Wildman–Crippen LogP) is 3.01. The second-order valence-corrected chi connectivity index (χ2v) is 7.34. The van der Waals surface area contributed by atoms with Crippen LogP contribution >= 0.6 is 0 Å². The van der Waals surface area contributed by atoms with Crippen LogP contribution in [0.25, 0.3) is 5.69 Å². The van der Waals surface area contributed by atoms with Gasteiger partial charge in [0.05, 0.1) is 13.5 Å². The van der Waals surface area contributed by atoms with Gasteiger partial charge in [-0.3, -0.25) is 9.59 Å². The van der Waals surface area contributed by atoms with E-state index in [-0.39, 0.29) is 11.8 Å². The molecule has 3 aromatic rings. The highest BCUT2D eigenvalue weighted by Crippen LogP contribution is 2.15. The maximum Gasteiger partial charge on any atom is 0.253 e. The first-order chi connectivity index (χ1) is 14.6. The van der Waals surface area contributed by atoms with Crippen LogP contribution in [0.15, 0.2) is 73.1 Å². The molecule has 0 unspecified atom stereocenters. The molecular formula is C24H25N3O3. The van der Waals surface area contributed by atoms with Crippen LogP contribution in [0.2, 0.25) is 0 Å². The Morgan fingerprint density at radius 3 is 2.03 bits per heavy atom. The van der Waals surface area contributed by atoms with Crippen molar-refractivity contribution < 1.29 is 14.3 Å². The summed E-state index contributed by atoms with van der Waals surface area (Å²) in [5, 5.41) is 0. The fourth-order valence-corrected chi connectivity index (χ4v) is 3.65. The molecule has 0 N–H and O–H groups in total. The van der Waals surface area contributed by atoms with Gasteiger partial charge >= 0.3 is 0 Å². The van der Waals surface area contributed by atoms with Gasteiger partial charge in [0.2, 0.25) is 5.91 Å². The van der Waals surface area contributed by atoms with Crippen LogP contribution in [0.1, 0.15) is 15.9 Å². The van der Waals surface area contributed by atoms with Gasteiger partial charge in [-0.2, -0.15) is 0 Å². The predicted molar refractivity (Wildman–Crippen MR) is 115 cm³/mol. The fraction of sp³-hybridized carbons (Fsp3) is 0.250. The molecule has 0 radical (unpaired) electrons. The molecule has 0 aliphatic carbocycles. The van der Waals surface area contributed by atoms with E-state index in [0.29, 0.717) is 38.2 Å². The zero-order valence-corrected chi connectivity index (χ0v) is 17.0. The average molecular weight is 403 g/mol. The van der Waals surface area contributed by atoms with Crippen LogP contribution in [0, 0.1) is 0 Å². The van der Waals surface area contributed by atoms with Crippen molar-refractivity contribution >= 4 is 11.8 Å². The first-order valence-electron chi connectivity index (χ1n) is 10.1. The zero-order valence-electron chi connectivity index (χ0n) is 17.0. The van der Waals surface area contributed by atoms with Gasteiger partial charge in [0.15, 0.2) is 0 Å². The third-order valence-corrected chi connectivity index (χ3v) is 5.45. The van der Waals surface area contributed by atoms with E-state index in [2.05, 4.69) is 0 Å². The Labute approximate surface area is 176 Å². The molecule has 4 rings (SSSR count). The normalized spacial score (nSPS) is 13.9. The van der Waals surface area contributed by atoms with Crippen LogP contribution in [-0.4, -0.2) is 59.5 Å². The summed E-state index contributed by atoms with van der Waals surface area (Å²) in [6.45, 7) is 2.21. The molecule has 154 valence electrons. The molecule has 6 nitrogen and oxygen atoms in total. The number of hydrogen-bond donors (Lipinski definition) is 0. The molecule has 1 aromatic heterocycles. The van der Waals surface area contributed by atoms with E-state index in [0.717, 1.165) is 17.0 Å². The van der Waals surface area contributed by atoms with Crippen molar-refractivity contribution in [3.8, 4) is 11.4 Å². The molecule has 0 spiro atoms. The highest BCUT2D eigenvalue weighted by atomic mass is 16.5. The number of carbonyl (C=O) groups excluding carboxylic acids is 2. The Morgan fingerprint density at radius 2 is 1.43 bits per heavy atom. The summed E-state index contributed by atoms with van der Waals surface area (Å²) >= 11 is 0. The summed E-state index contributed by atoms with van der Waals surface area (Å²) in [5.41, 5.74) is 2.65. The van der Waals surface area contributed by atoms with Crippen LogP contribution in [-0.2, 0) is 11.2 Å². The van der Waals surface area contributed by atoms with Gasteiger partial charge in [-0.25, -0.2) is 0 Å². The SMILES string of the molecule is COc1ccc(CC(=O)N2CCN(C(=O)c3ccc(-n4cccc4)cc3)CC2)cc1. The minimum atomic E-state index is 0.0105. The number of nitrogens with zero attached hydrogens (tertiary/aromatic N) is 3. The smallest absolute Gasteiger partial charge is 0.253 e. The number of ether oxygens (including phenoxy) is 1. The van der Waals surface area contributed by atoms with Crippen molar-refractivity contribution in [3.63, 3.8) is 0 Å². The largest absolute Gasteiger partial charge is 0.497 e. The first kappa shape index (κ1) is 19.8. The first-order valence-corrected chi connectivity index (χ1v) is 10.1. The standard InChI is InChI=1S/C24H25N3O3/c1-30-22-10-4-19(5-11-22)18-23(28)26-14-16-27(17-15-26)24(29)20-6-8-21(9-7-20)25-12-2-3-13-25/h2-13H,14-18H2,1H3. The van der Waals surface area contributed by atoms with E-state index in [9.17, 15) is 9.59 Å². The second-order valence-electron chi connectivity index (χ2n) is 7.34. The molecule has 0 bridgehead atoms. The number of hydrogen-bond acceptors (Lipinski definition) is 3. The van der Waals surface area contributed by atoms with E-state index in [1.807, 2.05) is 87.4 Å². The summed E-state index contributed by atoms with van der Waals surface area (Å²) in [6, 6.07) is 19.1. The summed E-state index contributed by atoms with van der Waals surface area (Å²) in [4.78, 5) is 29.1. The molecule has 2 aromatic carbocycles. The van der Waals surface area contributed by atoms with Gasteiger partial charge in [-0.1, -0.05) is 12.1 Å². The number of methoxy groups -OCH3 is 1. The van der Waals surface area contributed by atoms with Crippen LogP contribution in [0.3, 0.4) is 0 Å². The van der Waals surface area contributed by atoms with Gasteiger partial charge in [-0.15, -0.1) is 0 Å². The number of piperazine rings is 1. The molecule has 1 fully saturated rings. The molecule has 30 heavy (non-hydrogen) atoms. The molecule has 1 saturated heterocycles. The number of benzene rings is 2. The van der Waals surface area contributed by atoms with Crippen molar-refractivity contribution in [2.24, 2.45) is 0 Å². The van der Waals surface area contributed by atoms with Gasteiger partial charge in [-0.05, 0) is 54.1 Å². The fourth-order valence-electron chi connectivity index (χ4n) is 3.65. The minimum Gasteiger partial charge on any atom is -0.497 e. The van der Waals surface area contributed by atoms with Crippen molar-refractivity contribution in [2.45, 2.75) is 6.42 Å². The quantitative estimate of drug-likeness (QED) is 0.658. The van der Waals surface area contributed by atoms with E-state index in [1.165, 1.54) is 0 Å². The second kappa shape index (κ2) is 8.86. The lowest BCUT2D eigenvalue weighted by Crippen LogP contribution is -2.51. The molecule has 0 atom stereocenters. The molecule has 6 heteroatoms. The van der Waals surface area contributed by atoms with E-state index in [4.69, 9.17) is 4.74 Å². The maximum absolute atomic E-state index is 12.8. The highest BCUT2D eigenvalue weighted by Gasteiger charge is 2.24. The van der Waals surface area contributed by atoms with Crippen LogP contribution < -0.4 is 4.74 Å². The number of amides is 2. The summed E-state index contributed by atoms with van der Waals surface area (Å²) in [6.07, 6.45) is 4.30. The van der Waals surface area contributed by atoms with Gasteiger partial charge in [0.25, 0.3) is 5.91 Å². The molecule has 2 heterocycles. The van der Waals surface area contributed by atoms with Crippen molar-refractivity contribution in [1.82, 2.24) is 14.4 Å². The van der Waals surface area contributed by atoms with E-state index in [1.54, 1.807) is 7.11 Å². The van der Waals surface area contributed by atoms with Gasteiger partial charge in [0, 0.05) is 49.8 Å². The number of aromatic nitrogens is 1. The lowest BCUT2D eigenvalue weighted by molar-refractivity contribution is -0.131. The highest BCUT2D eigenvalue weighted by molar-refractivity contribution is 5.94. The summed E-state index contributed by atoms with van der Waals surface area (Å²) in [5.74, 6) is 0.874. The lowest BCUT2D eigenvalue weighted by Gasteiger charge is -2.35. The molecule has 1 aliphatic heterocycles. The van der Waals surface area contributed by atoms with Gasteiger partial charge < -0.3 is 19.1 Å². The Morgan fingerprint density at radius 1 is 0.833 bits per heavy atom. The number of rotatable bonds is 5. The molecule has 1 aliphatic rings. The molecular weight excluding hydrogens is 378 g/mol. The monoisotopic (exact) mass is 403 g/mol. The molecule has 2 amide bonds. The Kier molecular flexibility index (Phi) is 5.84. The van der Waals surface area contributed by atoms with Crippen molar-refractivity contribution in [1.29, 1.82) is 0 Å². The van der Waals surface area contributed by atoms with Crippen molar-refractivity contribution in [3.05, 3.63) is 84.2 Å². The Bertz CT molecular complexity index is 987. The van der Waals surface area contributed by atoms with Gasteiger partial charge in [0.1, 0.15) is 5.75 Å². The van der Waals surface area contributed by atoms with Crippen LogP contribution in [0.4, 0.5) is 0 Å². The van der Waals surface area contributed by atoms with Crippen molar-refractivity contribution in [2.75, 3.05) is 33.3 Å². The lowest BCUT2D eigenvalue weighted by atomic mass is 10.1. The van der Waals surface area contributed by atoms with Crippen LogP contribution in [0.5, 0.6) is 5.75 Å². The Balaban J connectivity index is 1.31. The summed E-state index contributed by atoms with van der Waals surface area (Å²) in [7, 11) is 1.62. The topological polar surface area (TPSA) is 54.8 Å². The molecule has 0 saturated carbocycles. The third kappa shape index (κ3) is 4.38. The Hall–Kier alpha value is -3.54. The third-order valence-electron chi connectivity index (χ3n) is 5.45. The minimum absolute atomic E-state index is 0.0105. The summed E-state index contributed by atoms with van der Waals surface area (Å²) < 4.78 is 7.15. The number of carbonyl (C=O) groups is 2. The van der Waals surface area contributed by atoms with E-state index >= 15 is 0 Å². The maximum atomic E-state index is 12.8. The van der Waals surface area contributed by atoms with E-state index < -0.39 is 0 Å². The average Bonchev–Trinajstić information content (AvgIpc) is 3.34. The zero-order chi connectivity index (χ0) is 20.9.